The van der Waals surface area contributed by atoms with Gasteiger partial charge in [-0.3, -0.25) is 14.7 Å². The topological polar surface area (TPSA) is 69.1 Å². The molecule has 0 unspecified atom stereocenters. The van der Waals surface area contributed by atoms with E-state index in [1.807, 2.05) is 30.5 Å². The predicted octanol–water partition coefficient (Wildman–Crippen LogP) is 2.87. The molecule has 1 amide bonds. The zero-order chi connectivity index (χ0) is 17.4. The number of likely N-dealkylation sites (tertiary alicyclic amines) is 1. The monoisotopic (exact) mass is 334 g/mol. The van der Waals surface area contributed by atoms with Crippen LogP contribution < -0.4 is 5.32 Å². The fourth-order valence-corrected chi connectivity index (χ4v) is 4.01. The second-order valence-corrected chi connectivity index (χ2v) is 7.03. The van der Waals surface area contributed by atoms with Gasteiger partial charge >= 0.3 is 0 Å². The number of carbonyl (C=O) groups is 1. The molecule has 4 rings (SSSR count). The Labute approximate surface area is 147 Å². The van der Waals surface area contributed by atoms with Crippen molar-refractivity contribution in [2.24, 2.45) is 0 Å². The van der Waals surface area contributed by atoms with Gasteiger partial charge in [0.05, 0.1) is 11.1 Å². The Morgan fingerprint density at radius 2 is 2.12 bits per heavy atom. The van der Waals surface area contributed by atoms with Crippen LogP contribution in [0.5, 0.6) is 0 Å². The Balaban J connectivity index is 1.54. The van der Waals surface area contributed by atoms with Crippen molar-refractivity contribution in [2.45, 2.75) is 31.7 Å². The summed E-state index contributed by atoms with van der Waals surface area (Å²) in [7, 11) is 0. The van der Waals surface area contributed by atoms with Gasteiger partial charge in [-0.2, -0.15) is 0 Å². The van der Waals surface area contributed by atoms with Crippen molar-refractivity contribution in [2.75, 3.05) is 18.4 Å². The molecule has 2 N–H and O–H groups in total. The van der Waals surface area contributed by atoms with E-state index in [0.717, 1.165) is 55.0 Å². The highest BCUT2D eigenvalue weighted by Gasteiger charge is 2.48. The number of hydrogen-bond donors (Lipinski definition) is 2. The lowest BCUT2D eigenvalue weighted by Gasteiger charge is -2.38. The maximum atomic E-state index is 12.7. The molecule has 128 valence electrons. The fourth-order valence-electron chi connectivity index (χ4n) is 4.01. The third kappa shape index (κ3) is 2.65. The van der Waals surface area contributed by atoms with Crippen LogP contribution in [0.1, 0.15) is 35.2 Å². The second-order valence-electron chi connectivity index (χ2n) is 7.03. The van der Waals surface area contributed by atoms with Gasteiger partial charge in [-0.05, 0) is 67.7 Å². The first kappa shape index (κ1) is 16.0. The Hall–Kier alpha value is -2.53. The number of carbonyl (C=O) groups excluding carboxylic acids is 1. The van der Waals surface area contributed by atoms with Crippen LogP contribution >= 0.6 is 0 Å². The van der Waals surface area contributed by atoms with E-state index in [1.54, 1.807) is 0 Å². The molecule has 5 heteroatoms. The molecule has 0 atom stereocenters. The van der Waals surface area contributed by atoms with E-state index in [4.69, 9.17) is 5.41 Å². The second kappa shape index (κ2) is 6.08. The van der Waals surface area contributed by atoms with Crippen molar-refractivity contribution >= 4 is 17.8 Å². The highest BCUT2D eigenvalue weighted by atomic mass is 16.2. The van der Waals surface area contributed by atoms with Crippen LogP contribution in [0.3, 0.4) is 0 Å². The Morgan fingerprint density at radius 1 is 1.32 bits per heavy atom. The molecule has 0 saturated carbocycles. The lowest BCUT2D eigenvalue weighted by Crippen LogP contribution is -2.46. The summed E-state index contributed by atoms with van der Waals surface area (Å²) < 4.78 is 0. The summed E-state index contributed by atoms with van der Waals surface area (Å²) in [5, 5.41) is 10.5. The largest absolute Gasteiger partial charge is 0.325 e. The average molecular weight is 334 g/mol. The molecule has 0 radical (unpaired) electrons. The van der Waals surface area contributed by atoms with Crippen LogP contribution in [0.25, 0.3) is 0 Å². The molecule has 1 spiro atoms. The molecule has 1 saturated heterocycles. The fraction of sp³-hybridized carbons (Fsp3) is 0.350. The minimum atomic E-state index is -0.440. The Kier molecular flexibility index (Phi) is 3.88. The lowest BCUT2D eigenvalue weighted by atomic mass is 9.73. The average Bonchev–Trinajstić information content (AvgIpc) is 2.90. The van der Waals surface area contributed by atoms with E-state index in [-0.39, 0.29) is 5.91 Å². The number of nitrogens with zero attached hydrogens (tertiary/aromatic N) is 2. The van der Waals surface area contributed by atoms with Crippen molar-refractivity contribution in [3.8, 4) is 0 Å². The van der Waals surface area contributed by atoms with Crippen LogP contribution in [-0.2, 0) is 16.8 Å². The summed E-state index contributed by atoms with van der Waals surface area (Å²) in [6, 6.07) is 9.85. The number of rotatable bonds is 3. The SMILES string of the molecule is Cc1cccnc1CN1CCC2(CC1)C(=O)Nc1ccc(C=N)cc12. The third-order valence-corrected chi connectivity index (χ3v) is 5.61. The number of anilines is 1. The zero-order valence-electron chi connectivity index (χ0n) is 14.4. The van der Waals surface area contributed by atoms with Crippen LogP contribution in [0.4, 0.5) is 5.69 Å². The van der Waals surface area contributed by atoms with Crippen LogP contribution in [0, 0.1) is 12.3 Å². The van der Waals surface area contributed by atoms with E-state index >= 15 is 0 Å². The number of nitrogens with one attached hydrogen (secondary N) is 2. The molecular weight excluding hydrogens is 312 g/mol. The number of amides is 1. The standard InChI is InChI=1S/C20H22N4O/c1-14-3-2-8-22-18(14)13-24-9-6-20(7-10-24)16-11-15(12-21)4-5-17(16)23-19(20)25/h2-5,8,11-12,21H,6-7,9-10,13H2,1H3,(H,23,25). The van der Waals surface area contributed by atoms with Gasteiger partial charge < -0.3 is 10.7 Å². The molecular formula is C20H22N4O. The number of fused-ring (bicyclic) bond motifs is 2. The number of benzene rings is 1. The van der Waals surface area contributed by atoms with Gasteiger partial charge in [0.2, 0.25) is 5.91 Å². The highest BCUT2D eigenvalue weighted by Crippen LogP contribution is 2.45. The molecule has 2 aliphatic heterocycles. The highest BCUT2D eigenvalue weighted by molar-refractivity contribution is 6.06. The summed E-state index contributed by atoms with van der Waals surface area (Å²) in [4.78, 5) is 19.6. The van der Waals surface area contributed by atoms with Crippen molar-refractivity contribution in [1.82, 2.24) is 9.88 Å². The van der Waals surface area contributed by atoms with Gasteiger partial charge in [0.25, 0.3) is 0 Å². The Morgan fingerprint density at radius 3 is 2.84 bits per heavy atom. The molecule has 1 aromatic heterocycles. The smallest absolute Gasteiger partial charge is 0.235 e. The summed E-state index contributed by atoms with van der Waals surface area (Å²) in [6.45, 7) is 4.67. The first-order valence-electron chi connectivity index (χ1n) is 8.72. The number of aryl methyl sites for hydroxylation is 1. The third-order valence-electron chi connectivity index (χ3n) is 5.61. The summed E-state index contributed by atoms with van der Waals surface area (Å²) in [5.41, 5.74) is 4.70. The van der Waals surface area contributed by atoms with Crippen LogP contribution in [0.15, 0.2) is 36.5 Å². The van der Waals surface area contributed by atoms with Gasteiger partial charge in [0.1, 0.15) is 0 Å². The molecule has 3 heterocycles. The molecule has 1 aromatic carbocycles. The number of piperidine rings is 1. The normalized spacial score (nSPS) is 18.8. The van der Waals surface area contributed by atoms with Gasteiger partial charge in [0.15, 0.2) is 0 Å². The molecule has 0 bridgehead atoms. The van der Waals surface area contributed by atoms with Gasteiger partial charge in [-0.15, -0.1) is 0 Å². The number of aromatic nitrogens is 1. The quantitative estimate of drug-likeness (QED) is 0.848. The van der Waals surface area contributed by atoms with E-state index in [1.165, 1.54) is 11.8 Å². The first-order valence-corrected chi connectivity index (χ1v) is 8.72. The van der Waals surface area contributed by atoms with Crippen molar-refractivity contribution < 1.29 is 4.79 Å². The van der Waals surface area contributed by atoms with Gasteiger partial charge in [-0.25, -0.2) is 0 Å². The van der Waals surface area contributed by atoms with Crippen molar-refractivity contribution in [3.63, 3.8) is 0 Å². The number of hydrogen-bond acceptors (Lipinski definition) is 4. The maximum Gasteiger partial charge on any atom is 0.235 e. The summed E-state index contributed by atoms with van der Waals surface area (Å²) in [6.07, 6.45) is 4.79. The first-order chi connectivity index (χ1) is 12.1. The number of pyridine rings is 1. The maximum absolute atomic E-state index is 12.7. The Bertz CT molecular complexity index is 837. The van der Waals surface area contributed by atoms with Gasteiger partial charge in [0, 0.05) is 24.6 Å². The van der Waals surface area contributed by atoms with Crippen molar-refractivity contribution in [1.29, 1.82) is 5.41 Å². The van der Waals surface area contributed by atoms with E-state index in [2.05, 4.69) is 28.2 Å². The summed E-state index contributed by atoms with van der Waals surface area (Å²) >= 11 is 0. The van der Waals surface area contributed by atoms with E-state index in [0.29, 0.717) is 0 Å². The zero-order valence-corrected chi connectivity index (χ0v) is 14.4. The molecule has 0 aliphatic carbocycles. The van der Waals surface area contributed by atoms with Crippen molar-refractivity contribution in [3.05, 3.63) is 58.9 Å². The lowest BCUT2D eigenvalue weighted by molar-refractivity contribution is -0.122. The summed E-state index contributed by atoms with van der Waals surface area (Å²) in [5.74, 6) is 0.110. The predicted molar refractivity (Wildman–Crippen MR) is 98.1 cm³/mol. The van der Waals surface area contributed by atoms with E-state index < -0.39 is 5.41 Å². The molecule has 5 nitrogen and oxygen atoms in total. The molecule has 1 fully saturated rings. The van der Waals surface area contributed by atoms with Crippen LogP contribution in [0.2, 0.25) is 0 Å². The minimum absolute atomic E-state index is 0.110. The van der Waals surface area contributed by atoms with Crippen LogP contribution in [-0.4, -0.2) is 35.1 Å². The molecule has 25 heavy (non-hydrogen) atoms. The van der Waals surface area contributed by atoms with E-state index in [9.17, 15) is 4.79 Å². The van der Waals surface area contributed by atoms with Gasteiger partial charge in [-0.1, -0.05) is 12.1 Å². The molecule has 2 aliphatic rings. The minimum Gasteiger partial charge on any atom is -0.325 e. The molecule has 2 aromatic rings.